The van der Waals surface area contributed by atoms with Gasteiger partial charge in [0.05, 0.1) is 6.54 Å². The number of nitrogens with one attached hydrogen (secondary N) is 1. The molecule has 2 amide bonds. The summed E-state index contributed by atoms with van der Waals surface area (Å²) in [5.74, 6) is 0.931. The van der Waals surface area contributed by atoms with Gasteiger partial charge in [-0.3, -0.25) is 0 Å². The predicted octanol–water partition coefficient (Wildman–Crippen LogP) is 0.463. The molecule has 1 aliphatic heterocycles. The number of aromatic amines is 1. The minimum Gasteiger partial charge on any atom is -0.480 e. The van der Waals surface area contributed by atoms with Crippen LogP contribution >= 0.6 is 11.8 Å². The largest absolute Gasteiger partial charge is 0.480 e. The van der Waals surface area contributed by atoms with Crippen LogP contribution in [0.15, 0.2) is 12.4 Å². The summed E-state index contributed by atoms with van der Waals surface area (Å²) in [5, 5.41) is 9.15. The van der Waals surface area contributed by atoms with Gasteiger partial charge in [0.15, 0.2) is 0 Å². The van der Waals surface area contributed by atoms with Crippen molar-refractivity contribution in [2.45, 2.75) is 12.6 Å². The third-order valence-corrected chi connectivity index (χ3v) is 3.95. The fourth-order valence-corrected chi connectivity index (χ4v) is 2.97. The van der Waals surface area contributed by atoms with Gasteiger partial charge in [0.1, 0.15) is 11.9 Å². The second-order valence-electron chi connectivity index (χ2n) is 4.30. The van der Waals surface area contributed by atoms with E-state index in [1.54, 1.807) is 31.2 Å². The third-order valence-electron chi connectivity index (χ3n) is 2.93. The summed E-state index contributed by atoms with van der Waals surface area (Å²) in [7, 11) is 1.64. The molecule has 2 N–H and O–H groups in total. The van der Waals surface area contributed by atoms with E-state index in [1.807, 2.05) is 0 Å². The molecule has 7 nitrogen and oxygen atoms in total. The van der Waals surface area contributed by atoms with Crippen LogP contribution in [0.4, 0.5) is 4.79 Å². The fourth-order valence-electron chi connectivity index (χ4n) is 1.93. The molecule has 1 atom stereocenters. The number of H-pyrrole nitrogens is 1. The number of amides is 2. The zero-order valence-corrected chi connectivity index (χ0v) is 11.4. The maximum Gasteiger partial charge on any atom is 0.327 e. The van der Waals surface area contributed by atoms with E-state index >= 15 is 0 Å². The minimum absolute atomic E-state index is 0.274. The second-order valence-corrected chi connectivity index (χ2v) is 5.45. The van der Waals surface area contributed by atoms with Crippen molar-refractivity contribution >= 4 is 23.8 Å². The molecule has 0 bridgehead atoms. The van der Waals surface area contributed by atoms with Crippen LogP contribution in [-0.4, -0.2) is 68.0 Å². The molecule has 1 unspecified atom stereocenters. The van der Waals surface area contributed by atoms with Crippen molar-refractivity contribution in [1.29, 1.82) is 0 Å². The fraction of sp³-hybridized carbons (Fsp3) is 0.545. The zero-order chi connectivity index (χ0) is 13.8. The van der Waals surface area contributed by atoms with E-state index in [-0.39, 0.29) is 6.03 Å². The Morgan fingerprint density at radius 1 is 1.68 bits per heavy atom. The molecular weight excluding hydrogens is 268 g/mol. The van der Waals surface area contributed by atoms with E-state index in [0.717, 1.165) is 5.75 Å². The maximum atomic E-state index is 12.3. The number of carbonyl (C=O) groups excluding carboxylic acids is 1. The van der Waals surface area contributed by atoms with E-state index in [9.17, 15) is 9.59 Å². The average molecular weight is 284 g/mol. The summed E-state index contributed by atoms with van der Waals surface area (Å²) in [6, 6.07) is -1.02. The Labute approximate surface area is 115 Å². The van der Waals surface area contributed by atoms with Crippen molar-refractivity contribution in [3.63, 3.8) is 0 Å². The van der Waals surface area contributed by atoms with E-state index in [0.29, 0.717) is 24.7 Å². The van der Waals surface area contributed by atoms with Gasteiger partial charge in [0.25, 0.3) is 0 Å². The zero-order valence-electron chi connectivity index (χ0n) is 10.6. The van der Waals surface area contributed by atoms with Crippen molar-refractivity contribution in [2.24, 2.45) is 0 Å². The first-order chi connectivity index (χ1) is 9.09. The van der Waals surface area contributed by atoms with Crippen LogP contribution in [0.1, 0.15) is 5.82 Å². The maximum absolute atomic E-state index is 12.3. The van der Waals surface area contributed by atoms with Crippen molar-refractivity contribution < 1.29 is 14.7 Å². The summed E-state index contributed by atoms with van der Waals surface area (Å²) in [6.07, 6.45) is 3.30. The van der Waals surface area contributed by atoms with Gasteiger partial charge in [-0.25, -0.2) is 14.6 Å². The lowest BCUT2D eigenvalue weighted by Crippen LogP contribution is -2.54. The Morgan fingerprint density at radius 3 is 3.11 bits per heavy atom. The highest BCUT2D eigenvalue weighted by Gasteiger charge is 2.33. The molecule has 1 fully saturated rings. The van der Waals surface area contributed by atoms with E-state index in [1.165, 1.54) is 9.80 Å². The number of aromatic nitrogens is 2. The van der Waals surface area contributed by atoms with E-state index in [2.05, 4.69) is 9.97 Å². The molecule has 0 saturated carbocycles. The molecule has 1 aliphatic rings. The van der Waals surface area contributed by atoms with Gasteiger partial charge in [-0.05, 0) is 0 Å². The lowest BCUT2D eigenvalue weighted by Gasteiger charge is -2.35. The monoisotopic (exact) mass is 284 g/mol. The standard InChI is InChI=1S/C11H16N4O3S/c1-14(6-9-12-2-3-13-9)11(18)15-4-5-19-7-8(15)10(16)17/h2-3,8H,4-7H2,1H3,(H,12,13)(H,16,17). The summed E-state index contributed by atoms with van der Waals surface area (Å²) in [6.45, 7) is 0.796. The number of urea groups is 1. The molecule has 1 aromatic rings. The number of hydrogen-bond acceptors (Lipinski definition) is 4. The van der Waals surface area contributed by atoms with Gasteiger partial charge in [-0.1, -0.05) is 0 Å². The molecule has 1 saturated heterocycles. The molecule has 19 heavy (non-hydrogen) atoms. The first-order valence-corrected chi connectivity index (χ1v) is 7.05. The summed E-state index contributed by atoms with van der Waals surface area (Å²) < 4.78 is 0. The Bertz CT molecular complexity index is 451. The summed E-state index contributed by atoms with van der Waals surface area (Å²) >= 11 is 1.56. The lowest BCUT2D eigenvalue weighted by atomic mass is 10.3. The Balaban J connectivity index is 2.02. The van der Waals surface area contributed by atoms with Gasteiger partial charge < -0.3 is 19.9 Å². The number of nitrogens with zero attached hydrogens (tertiary/aromatic N) is 3. The number of hydrogen-bond donors (Lipinski definition) is 2. The molecule has 0 spiro atoms. The molecular formula is C11H16N4O3S. The molecule has 0 aliphatic carbocycles. The second kappa shape index (κ2) is 5.96. The lowest BCUT2D eigenvalue weighted by molar-refractivity contribution is -0.141. The third kappa shape index (κ3) is 3.19. The number of carbonyl (C=O) groups is 2. The highest BCUT2D eigenvalue weighted by molar-refractivity contribution is 7.99. The Hall–Kier alpha value is -1.70. The average Bonchev–Trinajstić information content (AvgIpc) is 2.90. The van der Waals surface area contributed by atoms with E-state index < -0.39 is 12.0 Å². The van der Waals surface area contributed by atoms with Gasteiger partial charge in [0.2, 0.25) is 0 Å². The summed E-state index contributed by atoms with van der Waals surface area (Å²) in [5.41, 5.74) is 0. The van der Waals surface area contributed by atoms with Crippen molar-refractivity contribution in [3.8, 4) is 0 Å². The SMILES string of the molecule is CN(Cc1ncc[nH]1)C(=O)N1CCSCC1C(=O)O. The van der Waals surface area contributed by atoms with Crippen LogP contribution in [0, 0.1) is 0 Å². The molecule has 0 radical (unpaired) electrons. The van der Waals surface area contributed by atoms with Crippen molar-refractivity contribution in [2.75, 3.05) is 25.1 Å². The molecule has 0 aromatic carbocycles. The first-order valence-electron chi connectivity index (χ1n) is 5.90. The quantitative estimate of drug-likeness (QED) is 0.842. The van der Waals surface area contributed by atoms with Gasteiger partial charge in [-0.15, -0.1) is 0 Å². The van der Waals surface area contributed by atoms with Crippen LogP contribution < -0.4 is 0 Å². The summed E-state index contributed by atoms with van der Waals surface area (Å²) in [4.78, 5) is 33.3. The van der Waals surface area contributed by atoms with Crippen LogP contribution in [0.25, 0.3) is 0 Å². The smallest absolute Gasteiger partial charge is 0.327 e. The highest BCUT2D eigenvalue weighted by atomic mass is 32.2. The number of aliphatic carboxylic acids is 1. The van der Waals surface area contributed by atoms with Gasteiger partial charge in [0, 0.05) is 37.5 Å². The van der Waals surface area contributed by atoms with Crippen LogP contribution in [-0.2, 0) is 11.3 Å². The van der Waals surface area contributed by atoms with Crippen LogP contribution in [0.2, 0.25) is 0 Å². The van der Waals surface area contributed by atoms with Crippen LogP contribution in [0.3, 0.4) is 0 Å². The molecule has 8 heteroatoms. The normalized spacial score (nSPS) is 19.2. The van der Waals surface area contributed by atoms with Crippen molar-refractivity contribution in [1.82, 2.24) is 19.8 Å². The highest BCUT2D eigenvalue weighted by Crippen LogP contribution is 2.18. The predicted molar refractivity (Wildman–Crippen MR) is 70.9 cm³/mol. The minimum atomic E-state index is -0.952. The number of rotatable bonds is 3. The van der Waals surface area contributed by atoms with Gasteiger partial charge >= 0.3 is 12.0 Å². The number of carboxylic acids is 1. The van der Waals surface area contributed by atoms with Crippen LogP contribution in [0.5, 0.6) is 0 Å². The Morgan fingerprint density at radius 2 is 2.47 bits per heavy atom. The van der Waals surface area contributed by atoms with E-state index in [4.69, 9.17) is 5.11 Å². The Kier molecular flexibility index (Phi) is 4.31. The number of thioether (sulfide) groups is 1. The first kappa shape index (κ1) is 13.7. The topological polar surface area (TPSA) is 89.5 Å². The molecule has 1 aromatic heterocycles. The number of imidazole rings is 1. The molecule has 104 valence electrons. The van der Waals surface area contributed by atoms with Crippen molar-refractivity contribution in [3.05, 3.63) is 18.2 Å². The number of carboxylic acid groups (broad SMARTS) is 1. The van der Waals surface area contributed by atoms with Gasteiger partial charge in [-0.2, -0.15) is 11.8 Å². The molecule has 2 heterocycles. The molecule has 2 rings (SSSR count).